The van der Waals surface area contributed by atoms with Crippen LogP contribution in [0.3, 0.4) is 0 Å². The van der Waals surface area contributed by atoms with Gasteiger partial charge in [-0.05, 0) is 56.9 Å². The van der Waals surface area contributed by atoms with Gasteiger partial charge in [0.15, 0.2) is 0 Å². The maximum Gasteiger partial charge on any atom is 0.00954 e. The van der Waals surface area contributed by atoms with E-state index in [0.29, 0.717) is 0 Å². The van der Waals surface area contributed by atoms with Gasteiger partial charge in [-0.2, -0.15) is 0 Å². The molecule has 20 heavy (non-hydrogen) atoms. The third-order valence-corrected chi connectivity index (χ3v) is 5.01. The Kier molecular flexibility index (Phi) is 10.1. The van der Waals surface area contributed by atoms with E-state index >= 15 is 0 Å². The predicted octanol–water partition coefficient (Wildman–Crippen LogP) is 5.71. The average molecular weight is 280 g/mol. The van der Waals surface area contributed by atoms with Gasteiger partial charge in [-0.3, -0.25) is 0 Å². The van der Waals surface area contributed by atoms with E-state index in [4.69, 9.17) is 0 Å². The van der Waals surface area contributed by atoms with Gasteiger partial charge < -0.3 is 5.32 Å². The molecule has 1 heteroatoms. The first-order chi connectivity index (χ1) is 9.81. The van der Waals surface area contributed by atoms with E-state index < -0.39 is 0 Å². The van der Waals surface area contributed by atoms with Crippen LogP contribution in [0.15, 0.2) is 12.7 Å². The van der Waals surface area contributed by atoms with Gasteiger partial charge in [0.2, 0.25) is 0 Å². The van der Waals surface area contributed by atoms with Crippen LogP contribution in [0.2, 0.25) is 0 Å². The van der Waals surface area contributed by atoms with Crippen molar-refractivity contribution in [2.24, 2.45) is 11.8 Å². The van der Waals surface area contributed by atoms with Crippen LogP contribution in [0, 0.1) is 11.8 Å². The molecule has 0 heterocycles. The molecule has 1 aliphatic carbocycles. The second kappa shape index (κ2) is 11.4. The Morgan fingerprint density at radius 1 is 1.10 bits per heavy atom. The normalized spacial score (nSPS) is 24.5. The molecule has 1 atom stereocenters. The summed E-state index contributed by atoms with van der Waals surface area (Å²) < 4.78 is 0. The van der Waals surface area contributed by atoms with Crippen LogP contribution in [0.25, 0.3) is 0 Å². The number of rotatable bonds is 11. The molecule has 1 unspecified atom stereocenters. The standard InChI is InChI=1S/C19H37N/c1-4-7-9-11-19(20-16-6-3)18-14-12-17(13-15-18)10-8-5-2/h4,17-20H,1,5-16H2,2-3H3. The van der Waals surface area contributed by atoms with E-state index in [0.717, 1.165) is 17.9 Å². The highest BCUT2D eigenvalue weighted by atomic mass is 14.9. The Labute approximate surface area is 127 Å². The van der Waals surface area contributed by atoms with Gasteiger partial charge in [-0.1, -0.05) is 52.0 Å². The van der Waals surface area contributed by atoms with Gasteiger partial charge in [0.25, 0.3) is 0 Å². The van der Waals surface area contributed by atoms with Crippen molar-refractivity contribution >= 4 is 0 Å². The van der Waals surface area contributed by atoms with Crippen molar-refractivity contribution in [3.05, 3.63) is 12.7 Å². The number of nitrogens with one attached hydrogen (secondary N) is 1. The lowest BCUT2D eigenvalue weighted by atomic mass is 9.76. The van der Waals surface area contributed by atoms with Crippen molar-refractivity contribution in [2.75, 3.05) is 6.54 Å². The van der Waals surface area contributed by atoms with Gasteiger partial charge in [0.05, 0.1) is 0 Å². The Morgan fingerprint density at radius 2 is 1.85 bits per heavy atom. The van der Waals surface area contributed by atoms with E-state index in [1.54, 1.807) is 0 Å². The Morgan fingerprint density at radius 3 is 2.45 bits per heavy atom. The summed E-state index contributed by atoms with van der Waals surface area (Å²) >= 11 is 0. The molecule has 1 N–H and O–H groups in total. The van der Waals surface area contributed by atoms with Crippen LogP contribution < -0.4 is 5.32 Å². The highest BCUT2D eigenvalue weighted by molar-refractivity contribution is 4.83. The molecule has 1 saturated carbocycles. The molecule has 0 aromatic rings. The van der Waals surface area contributed by atoms with E-state index in [1.165, 1.54) is 77.2 Å². The van der Waals surface area contributed by atoms with Crippen LogP contribution in [-0.4, -0.2) is 12.6 Å². The number of hydrogen-bond donors (Lipinski definition) is 1. The monoisotopic (exact) mass is 279 g/mol. The Hall–Kier alpha value is -0.300. The first kappa shape index (κ1) is 17.8. The van der Waals surface area contributed by atoms with Crippen molar-refractivity contribution in [1.82, 2.24) is 5.32 Å². The summed E-state index contributed by atoms with van der Waals surface area (Å²) in [5.74, 6) is 1.97. The molecule has 0 aromatic carbocycles. The van der Waals surface area contributed by atoms with Crippen molar-refractivity contribution in [3.63, 3.8) is 0 Å². The minimum atomic E-state index is 0.766. The fourth-order valence-corrected chi connectivity index (χ4v) is 3.69. The summed E-state index contributed by atoms with van der Waals surface area (Å²) in [7, 11) is 0. The third-order valence-electron chi connectivity index (χ3n) is 5.01. The fourth-order valence-electron chi connectivity index (χ4n) is 3.69. The quantitative estimate of drug-likeness (QED) is 0.377. The molecule has 0 amide bonds. The van der Waals surface area contributed by atoms with Crippen molar-refractivity contribution in [2.45, 2.75) is 90.5 Å². The number of hydrogen-bond acceptors (Lipinski definition) is 1. The molecule has 1 rings (SSSR count). The summed E-state index contributed by atoms with van der Waals surface area (Å²) in [5, 5.41) is 3.82. The molecule has 118 valence electrons. The lowest BCUT2D eigenvalue weighted by Gasteiger charge is -2.34. The minimum absolute atomic E-state index is 0.766. The first-order valence-electron chi connectivity index (χ1n) is 9.16. The maximum absolute atomic E-state index is 3.85. The molecular formula is C19H37N. The summed E-state index contributed by atoms with van der Waals surface area (Å²) in [6.07, 6.45) is 17.3. The molecule has 0 saturated heterocycles. The predicted molar refractivity (Wildman–Crippen MR) is 91.1 cm³/mol. The Balaban J connectivity index is 2.32. The molecule has 0 bridgehead atoms. The van der Waals surface area contributed by atoms with Gasteiger partial charge in [0, 0.05) is 6.04 Å². The molecule has 1 nitrogen and oxygen atoms in total. The molecule has 0 aromatic heterocycles. The third kappa shape index (κ3) is 6.92. The van der Waals surface area contributed by atoms with E-state index in [1.807, 2.05) is 0 Å². The fraction of sp³-hybridized carbons (Fsp3) is 0.895. The summed E-state index contributed by atoms with van der Waals surface area (Å²) in [6, 6.07) is 0.766. The van der Waals surface area contributed by atoms with E-state index in [2.05, 4.69) is 31.8 Å². The topological polar surface area (TPSA) is 12.0 Å². The second-order valence-corrected chi connectivity index (χ2v) is 6.70. The van der Waals surface area contributed by atoms with Crippen LogP contribution in [0.1, 0.15) is 84.5 Å². The lowest BCUT2D eigenvalue weighted by molar-refractivity contribution is 0.204. The lowest BCUT2D eigenvalue weighted by Crippen LogP contribution is -2.38. The van der Waals surface area contributed by atoms with Gasteiger partial charge in [-0.15, -0.1) is 6.58 Å². The summed E-state index contributed by atoms with van der Waals surface area (Å²) in [5.41, 5.74) is 0. The van der Waals surface area contributed by atoms with Crippen molar-refractivity contribution in [3.8, 4) is 0 Å². The van der Waals surface area contributed by atoms with Crippen molar-refractivity contribution in [1.29, 1.82) is 0 Å². The molecule has 1 aliphatic rings. The van der Waals surface area contributed by atoms with Crippen LogP contribution in [0.4, 0.5) is 0 Å². The Bertz CT molecular complexity index is 228. The zero-order valence-electron chi connectivity index (χ0n) is 14.0. The second-order valence-electron chi connectivity index (χ2n) is 6.70. The molecule has 0 spiro atoms. The molecule has 0 aliphatic heterocycles. The SMILES string of the molecule is C=CCCCC(NCCC)C1CCC(CCCC)CC1. The highest BCUT2D eigenvalue weighted by Crippen LogP contribution is 2.34. The first-order valence-corrected chi connectivity index (χ1v) is 9.16. The number of allylic oxidation sites excluding steroid dienone is 1. The van der Waals surface area contributed by atoms with Crippen LogP contribution >= 0.6 is 0 Å². The molecule has 0 radical (unpaired) electrons. The van der Waals surface area contributed by atoms with E-state index in [9.17, 15) is 0 Å². The smallest absolute Gasteiger partial charge is 0.00954 e. The van der Waals surface area contributed by atoms with Crippen LogP contribution in [0.5, 0.6) is 0 Å². The van der Waals surface area contributed by atoms with E-state index in [-0.39, 0.29) is 0 Å². The summed E-state index contributed by atoms with van der Waals surface area (Å²) in [6.45, 7) is 9.63. The minimum Gasteiger partial charge on any atom is -0.314 e. The average Bonchev–Trinajstić information content (AvgIpc) is 2.49. The highest BCUT2D eigenvalue weighted by Gasteiger charge is 2.26. The number of unbranched alkanes of at least 4 members (excludes halogenated alkanes) is 2. The molecular weight excluding hydrogens is 242 g/mol. The van der Waals surface area contributed by atoms with Gasteiger partial charge in [-0.25, -0.2) is 0 Å². The maximum atomic E-state index is 3.85. The zero-order valence-corrected chi connectivity index (χ0v) is 14.0. The zero-order chi connectivity index (χ0) is 14.6. The van der Waals surface area contributed by atoms with Crippen LogP contribution in [-0.2, 0) is 0 Å². The summed E-state index contributed by atoms with van der Waals surface area (Å²) in [4.78, 5) is 0. The van der Waals surface area contributed by atoms with Crippen molar-refractivity contribution < 1.29 is 0 Å². The molecule has 1 fully saturated rings. The van der Waals surface area contributed by atoms with Gasteiger partial charge >= 0.3 is 0 Å². The van der Waals surface area contributed by atoms with Gasteiger partial charge in [0.1, 0.15) is 0 Å². The largest absolute Gasteiger partial charge is 0.314 e.